The molecule has 7 heteroatoms. The van der Waals surface area contributed by atoms with E-state index in [0.29, 0.717) is 18.8 Å². The van der Waals surface area contributed by atoms with Crippen LogP contribution in [0, 0.1) is 0 Å². The van der Waals surface area contributed by atoms with Gasteiger partial charge in [-0.25, -0.2) is 0 Å². The van der Waals surface area contributed by atoms with Crippen molar-refractivity contribution in [3.63, 3.8) is 0 Å². The number of guanidine groups is 1. The van der Waals surface area contributed by atoms with Crippen LogP contribution in [-0.4, -0.2) is 43.2 Å². The van der Waals surface area contributed by atoms with Crippen LogP contribution in [0.1, 0.15) is 26.7 Å². The van der Waals surface area contributed by atoms with Gasteiger partial charge in [-0.05, 0) is 38.8 Å². The fourth-order valence-electron chi connectivity index (χ4n) is 2.13. The smallest absolute Gasteiger partial charge is 0.185 e. The summed E-state index contributed by atoms with van der Waals surface area (Å²) in [5.41, 5.74) is 18.6. The Bertz CT molecular complexity index is 574. The maximum atomic E-state index is 6.11. The van der Waals surface area contributed by atoms with Crippen LogP contribution < -0.4 is 22.5 Å². The second-order valence-corrected chi connectivity index (χ2v) is 5.63. The fraction of sp³-hybridized carbons (Fsp3) is 0.471. The van der Waals surface area contributed by atoms with Crippen LogP contribution in [0.25, 0.3) is 0 Å². The standard InChI is InChI=1S/C17H29N7/c1-12(23-14-8-5-4-6-9-14)13(2)24-16(18)15(21-3)10-7-11-22-17(19)20/h4-6,8-9,12-13,23H,7,10-11H2,1-3H3,(H2,18,24)(H4,19,20,22)/t12?,13-/m1/s1. The third-order valence-electron chi connectivity index (χ3n) is 3.67. The Hall–Kier alpha value is -2.57. The molecule has 0 aliphatic rings. The van der Waals surface area contributed by atoms with E-state index in [1.54, 1.807) is 7.05 Å². The zero-order valence-corrected chi connectivity index (χ0v) is 14.7. The van der Waals surface area contributed by atoms with Gasteiger partial charge in [0.05, 0.1) is 11.8 Å². The topological polar surface area (TPSA) is 127 Å². The van der Waals surface area contributed by atoms with Gasteiger partial charge in [-0.15, -0.1) is 0 Å². The predicted molar refractivity (Wildman–Crippen MR) is 104 cm³/mol. The molecule has 24 heavy (non-hydrogen) atoms. The summed E-state index contributed by atoms with van der Waals surface area (Å²) in [6.07, 6.45) is 1.46. The molecule has 0 radical (unpaired) electrons. The van der Waals surface area contributed by atoms with E-state index in [0.717, 1.165) is 17.8 Å². The average Bonchev–Trinajstić information content (AvgIpc) is 2.55. The molecule has 0 saturated heterocycles. The SMILES string of the molecule is CN=C(CCCN=C(N)N)C(N)=N[C@H](C)C(C)Nc1ccccc1. The molecule has 0 saturated carbocycles. The normalized spacial score (nSPS) is 14.8. The van der Waals surface area contributed by atoms with Crippen molar-refractivity contribution < 1.29 is 0 Å². The minimum atomic E-state index is 0.0136. The first kappa shape index (κ1) is 19.5. The lowest BCUT2D eigenvalue weighted by Gasteiger charge is -2.20. The van der Waals surface area contributed by atoms with Crippen molar-refractivity contribution in [3.8, 4) is 0 Å². The monoisotopic (exact) mass is 331 g/mol. The van der Waals surface area contributed by atoms with Gasteiger partial charge in [-0.1, -0.05) is 18.2 Å². The van der Waals surface area contributed by atoms with Gasteiger partial charge in [0.15, 0.2) is 5.96 Å². The largest absolute Gasteiger partial charge is 0.382 e. The van der Waals surface area contributed by atoms with E-state index in [4.69, 9.17) is 17.2 Å². The van der Waals surface area contributed by atoms with Crippen molar-refractivity contribution in [1.29, 1.82) is 0 Å². The van der Waals surface area contributed by atoms with Gasteiger partial charge in [0.25, 0.3) is 0 Å². The van der Waals surface area contributed by atoms with Crippen molar-refractivity contribution >= 4 is 23.2 Å². The van der Waals surface area contributed by atoms with Gasteiger partial charge in [0.1, 0.15) is 5.84 Å². The highest BCUT2D eigenvalue weighted by Crippen LogP contribution is 2.10. The van der Waals surface area contributed by atoms with Gasteiger partial charge >= 0.3 is 0 Å². The molecule has 1 aromatic rings. The summed E-state index contributed by atoms with van der Waals surface area (Å²) >= 11 is 0. The van der Waals surface area contributed by atoms with Crippen molar-refractivity contribution in [2.24, 2.45) is 32.2 Å². The highest BCUT2D eigenvalue weighted by atomic mass is 15.0. The van der Waals surface area contributed by atoms with Crippen LogP contribution in [0.4, 0.5) is 5.69 Å². The number of nitrogens with zero attached hydrogens (tertiary/aromatic N) is 3. The van der Waals surface area contributed by atoms with Gasteiger partial charge in [0, 0.05) is 25.3 Å². The lowest BCUT2D eigenvalue weighted by molar-refractivity contribution is 0.641. The number of rotatable bonds is 9. The highest BCUT2D eigenvalue weighted by Gasteiger charge is 2.13. The first-order chi connectivity index (χ1) is 11.4. The van der Waals surface area contributed by atoms with Gasteiger partial charge in [-0.3, -0.25) is 15.0 Å². The second-order valence-electron chi connectivity index (χ2n) is 5.63. The van der Waals surface area contributed by atoms with E-state index < -0.39 is 0 Å². The van der Waals surface area contributed by atoms with Crippen molar-refractivity contribution in [3.05, 3.63) is 30.3 Å². The Morgan fingerprint density at radius 2 is 1.79 bits per heavy atom. The molecular weight excluding hydrogens is 302 g/mol. The van der Waals surface area contributed by atoms with E-state index in [1.165, 1.54) is 0 Å². The van der Waals surface area contributed by atoms with Crippen LogP contribution in [0.2, 0.25) is 0 Å². The molecule has 1 aromatic carbocycles. The number of anilines is 1. The van der Waals surface area contributed by atoms with Crippen LogP contribution in [0.3, 0.4) is 0 Å². The van der Waals surface area contributed by atoms with Crippen LogP contribution in [0.5, 0.6) is 0 Å². The Morgan fingerprint density at radius 1 is 1.12 bits per heavy atom. The Balaban J connectivity index is 2.59. The van der Waals surface area contributed by atoms with E-state index >= 15 is 0 Å². The minimum Gasteiger partial charge on any atom is -0.382 e. The molecule has 2 atom stereocenters. The molecule has 0 aliphatic carbocycles. The first-order valence-electron chi connectivity index (χ1n) is 8.10. The Morgan fingerprint density at radius 3 is 2.38 bits per heavy atom. The molecule has 0 spiro atoms. The summed E-state index contributed by atoms with van der Waals surface area (Å²) in [6.45, 7) is 4.66. The summed E-state index contributed by atoms with van der Waals surface area (Å²) in [7, 11) is 1.72. The lowest BCUT2D eigenvalue weighted by Crippen LogP contribution is -2.32. The summed E-state index contributed by atoms with van der Waals surface area (Å²) in [5, 5.41) is 3.42. The van der Waals surface area contributed by atoms with Gasteiger partial charge < -0.3 is 22.5 Å². The number of hydrogen-bond acceptors (Lipinski definition) is 4. The van der Waals surface area contributed by atoms with Gasteiger partial charge in [0.2, 0.25) is 0 Å². The summed E-state index contributed by atoms with van der Waals surface area (Å²) < 4.78 is 0. The lowest BCUT2D eigenvalue weighted by atomic mass is 10.1. The van der Waals surface area contributed by atoms with E-state index in [-0.39, 0.29) is 18.0 Å². The molecule has 1 rings (SSSR count). The molecule has 0 heterocycles. The van der Waals surface area contributed by atoms with Crippen LogP contribution in [-0.2, 0) is 0 Å². The van der Waals surface area contributed by atoms with Crippen molar-refractivity contribution in [1.82, 2.24) is 0 Å². The minimum absolute atomic E-state index is 0.0136. The number of para-hydroxylation sites is 1. The average molecular weight is 331 g/mol. The molecule has 0 fully saturated rings. The quantitative estimate of drug-likeness (QED) is 0.309. The number of benzene rings is 1. The Kier molecular flexibility index (Phi) is 8.32. The molecular formula is C17H29N7. The van der Waals surface area contributed by atoms with Gasteiger partial charge in [-0.2, -0.15) is 0 Å². The summed E-state index contributed by atoms with van der Waals surface area (Å²) in [5.74, 6) is 0.567. The van der Waals surface area contributed by atoms with E-state index in [1.807, 2.05) is 37.3 Å². The van der Waals surface area contributed by atoms with Crippen molar-refractivity contribution in [2.75, 3.05) is 18.9 Å². The fourth-order valence-corrected chi connectivity index (χ4v) is 2.13. The third-order valence-corrected chi connectivity index (χ3v) is 3.67. The number of nitrogens with two attached hydrogens (primary N) is 3. The van der Waals surface area contributed by atoms with Crippen LogP contribution in [0.15, 0.2) is 45.3 Å². The number of amidine groups is 1. The highest BCUT2D eigenvalue weighted by molar-refractivity contribution is 6.40. The molecule has 0 aromatic heterocycles. The van der Waals surface area contributed by atoms with Crippen molar-refractivity contribution in [2.45, 2.75) is 38.8 Å². The second kappa shape index (κ2) is 10.3. The summed E-state index contributed by atoms with van der Waals surface area (Å²) in [4.78, 5) is 12.8. The first-order valence-corrected chi connectivity index (χ1v) is 8.10. The number of nitrogens with one attached hydrogen (secondary N) is 1. The molecule has 0 bridgehead atoms. The molecule has 1 unspecified atom stereocenters. The zero-order chi connectivity index (χ0) is 17.9. The predicted octanol–water partition coefficient (Wildman–Crippen LogP) is 1.36. The third kappa shape index (κ3) is 7.13. The summed E-state index contributed by atoms with van der Waals surface area (Å²) in [6, 6.07) is 10.2. The molecule has 7 N–H and O–H groups in total. The molecule has 132 valence electrons. The molecule has 0 aliphatic heterocycles. The zero-order valence-electron chi connectivity index (χ0n) is 14.7. The van der Waals surface area contributed by atoms with E-state index in [9.17, 15) is 0 Å². The number of aliphatic imine (C=N–C) groups is 3. The molecule has 0 amide bonds. The maximum Gasteiger partial charge on any atom is 0.185 e. The molecule has 7 nitrogen and oxygen atoms in total. The Labute approximate surface area is 144 Å². The number of hydrogen-bond donors (Lipinski definition) is 4. The maximum absolute atomic E-state index is 6.11. The van der Waals surface area contributed by atoms with E-state index in [2.05, 4.69) is 27.2 Å². The van der Waals surface area contributed by atoms with Crippen LogP contribution >= 0.6 is 0 Å².